The molecule has 1 saturated heterocycles. The van der Waals surface area contributed by atoms with Gasteiger partial charge in [-0.15, -0.1) is 0 Å². The number of likely N-dealkylation sites (tertiary alicyclic amines) is 1. The van der Waals surface area contributed by atoms with Crippen LogP contribution in [0.3, 0.4) is 0 Å². The lowest BCUT2D eigenvalue weighted by atomic mass is 10.0. The molecule has 0 unspecified atom stereocenters. The van der Waals surface area contributed by atoms with E-state index in [0.717, 1.165) is 46.5 Å². The maximum atomic E-state index is 5.49. The van der Waals surface area contributed by atoms with Crippen molar-refractivity contribution in [1.29, 1.82) is 0 Å². The predicted molar refractivity (Wildman–Crippen MR) is 136 cm³/mol. The molecule has 5 nitrogen and oxygen atoms in total. The number of benzene rings is 2. The predicted octanol–water partition coefficient (Wildman–Crippen LogP) is 6.15. The van der Waals surface area contributed by atoms with Gasteiger partial charge in [-0.05, 0) is 92.8 Å². The summed E-state index contributed by atoms with van der Waals surface area (Å²) < 4.78 is 7.44. The lowest BCUT2D eigenvalue weighted by molar-refractivity contribution is 0.226. The summed E-state index contributed by atoms with van der Waals surface area (Å²) in [6.07, 6.45) is 8.98. The molecule has 0 bridgehead atoms. The average molecular weight is 451 g/mol. The summed E-state index contributed by atoms with van der Waals surface area (Å²) in [6, 6.07) is 23.4. The molecule has 5 aromatic rings. The molecule has 1 aliphatic rings. The van der Waals surface area contributed by atoms with Crippen molar-refractivity contribution < 1.29 is 4.42 Å². The first-order valence-corrected chi connectivity index (χ1v) is 12.4. The Morgan fingerprint density at radius 2 is 1.71 bits per heavy atom. The molecule has 0 spiro atoms. The van der Waals surface area contributed by atoms with Gasteiger partial charge >= 0.3 is 0 Å². The van der Waals surface area contributed by atoms with Crippen molar-refractivity contribution in [3.05, 3.63) is 89.9 Å². The van der Waals surface area contributed by atoms with Crippen LogP contribution in [0.2, 0.25) is 0 Å². The third-order valence-electron chi connectivity index (χ3n) is 6.93. The lowest BCUT2D eigenvalue weighted by Gasteiger charge is -2.26. The fraction of sp³-hybridized carbons (Fsp3) is 0.310. The third kappa shape index (κ3) is 4.48. The molecule has 0 saturated carbocycles. The molecule has 5 heteroatoms. The molecule has 2 aromatic carbocycles. The maximum Gasteiger partial charge on any atom is 0.156 e. The number of hydrogen-bond acceptors (Lipinski definition) is 4. The van der Waals surface area contributed by atoms with Crippen LogP contribution in [0.25, 0.3) is 27.9 Å². The van der Waals surface area contributed by atoms with Crippen LogP contribution in [0.15, 0.2) is 77.4 Å². The summed E-state index contributed by atoms with van der Waals surface area (Å²) >= 11 is 0. The SMILES string of the molecule is c1cc(-c2ccc3occc3c2)n2nc(Cc3ccc(CCCN4CCCCC4)cc3)nc2c1. The zero-order valence-electron chi connectivity index (χ0n) is 19.5. The van der Waals surface area contributed by atoms with E-state index in [9.17, 15) is 0 Å². The zero-order chi connectivity index (χ0) is 22.7. The van der Waals surface area contributed by atoms with Crippen molar-refractivity contribution in [3.8, 4) is 11.3 Å². The van der Waals surface area contributed by atoms with Gasteiger partial charge in [0.25, 0.3) is 0 Å². The largest absolute Gasteiger partial charge is 0.464 e. The van der Waals surface area contributed by atoms with Gasteiger partial charge in [0, 0.05) is 17.4 Å². The Morgan fingerprint density at radius 3 is 2.59 bits per heavy atom. The fourth-order valence-corrected chi connectivity index (χ4v) is 5.07. The zero-order valence-corrected chi connectivity index (χ0v) is 19.5. The van der Waals surface area contributed by atoms with Gasteiger partial charge in [0.1, 0.15) is 5.58 Å². The number of aromatic nitrogens is 3. The minimum Gasteiger partial charge on any atom is -0.464 e. The highest BCUT2D eigenvalue weighted by atomic mass is 16.3. The quantitative estimate of drug-likeness (QED) is 0.298. The Morgan fingerprint density at radius 1 is 0.853 bits per heavy atom. The number of aryl methyl sites for hydroxylation is 1. The van der Waals surface area contributed by atoms with E-state index in [2.05, 4.69) is 47.4 Å². The molecule has 1 fully saturated rings. The first-order valence-electron chi connectivity index (χ1n) is 12.4. The summed E-state index contributed by atoms with van der Waals surface area (Å²) in [5.41, 5.74) is 6.56. The van der Waals surface area contributed by atoms with Crippen molar-refractivity contribution in [2.75, 3.05) is 19.6 Å². The van der Waals surface area contributed by atoms with E-state index in [-0.39, 0.29) is 0 Å². The van der Waals surface area contributed by atoms with E-state index < -0.39 is 0 Å². The van der Waals surface area contributed by atoms with E-state index in [1.165, 1.54) is 56.4 Å². The Balaban J connectivity index is 1.15. The normalized spacial score (nSPS) is 14.8. The molecule has 4 heterocycles. The molecule has 34 heavy (non-hydrogen) atoms. The Bertz CT molecular complexity index is 1390. The highest BCUT2D eigenvalue weighted by Gasteiger charge is 2.12. The average Bonchev–Trinajstić information content (AvgIpc) is 3.51. The second-order valence-corrected chi connectivity index (χ2v) is 9.38. The van der Waals surface area contributed by atoms with Crippen LogP contribution < -0.4 is 0 Å². The van der Waals surface area contributed by atoms with Gasteiger partial charge in [-0.2, -0.15) is 5.10 Å². The Labute approximate surface area is 200 Å². The van der Waals surface area contributed by atoms with E-state index >= 15 is 0 Å². The number of pyridine rings is 1. The highest BCUT2D eigenvalue weighted by Crippen LogP contribution is 2.25. The minimum atomic E-state index is 0.732. The van der Waals surface area contributed by atoms with E-state index in [4.69, 9.17) is 14.5 Å². The molecule has 6 rings (SSSR count). The molecule has 1 aliphatic heterocycles. The van der Waals surface area contributed by atoms with Gasteiger partial charge in [0.2, 0.25) is 0 Å². The van der Waals surface area contributed by atoms with Gasteiger partial charge in [0.15, 0.2) is 11.5 Å². The van der Waals surface area contributed by atoms with Gasteiger partial charge in [-0.25, -0.2) is 9.50 Å². The first-order chi connectivity index (χ1) is 16.8. The Kier molecular flexibility index (Phi) is 5.86. The van der Waals surface area contributed by atoms with Gasteiger partial charge in [0.05, 0.1) is 12.0 Å². The second kappa shape index (κ2) is 9.43. The molecule has 3 aromatic heterocycles. The van der Waals surface area contributed by atoms with Crippen LogP contribution in [0, 0.1) is 0 Å². The van der Waals surface area contributed by atoms with Crippen LogP contribution in [0.5, 0.6) is 0 Å². The summed E-state index contributed by atoms with van der Waals surface area (Å²) in [5.74, 6) is 0.842. The van der Waals surface area contributed by atoms with Crippen molar-refractivity contribution in [3.63, 3.8) is 0 Å². The number of furan rings is 1. The Hall–Kier alpha value is -3.44. The number of rotatable bonds is 7. The minimum absolute atomic E-state index is 0.732. The van der Waals surface area contributed by atoms with Crippen LogP contribution in [-0.4, -0.2) is 39.1 Å². The number of fused-ring (bicyclic) bond motifs is 2. The molecule has 0 amide bonds. The standard InChI is InChI=1S/C29H30N4O/c1-2-16-32(17-3-1)18-5-6-22-9-11-23(12-10-22)20-28-30-29-8-4-7-26(33(29)31-28)24-13-14-27-25(21-24)15-19-34-27/h4,7-15,19,21H,1-3,5-6,16-18,20H2. The third-order valence-corrected chi connectivity index (χ3v) is 6.93. The smallest absolute Gasteiger partial charge is 0.156 e. The van der Waals surface area contributed by atoms with Gasteiger partial charge in [-0.3, -0.25) is 0 Å². The van der Waals surface area contributed by atoms with Crippen LogP contribution in [0.1, 0.15) is 42.6 Å². The number of nitrogens with zero attached hydrogens (tertiary/aromatic N) is 4. The molecule has 0 aliphatic carbocycles. The number of piperidine rings is 1. The van der Waals surface area contributed by atoms with E-state index in [1.54, 1.807) is 6.26 Å². The summed E-state index contributed by atoms with van der Waals surface area (Å²) in [4.78, 5) is 7.42. The topological polar surface area (TPSA) is 46.6 Å². The summed E-state index contributed by atoms with van der Waals surface area (Å²) in [5, 5.41) is 5.94. The second-order valence-electron chi connectivity index (χ2n) is 9.38. The summed E-state index contributed by atoms with van der Waals surface area (Å²) in [7, 11) is 0. The van der Waals surface area contributed by atoms with Crippen LogP contribution >= 0.6 is 0 Å². The highest BCUT2D eigenvalue weighted by molar-refractivity contribution is 5.83. The van der Waals surface area contributed by atoms with Gasteiger partial charge in [-0.1, -0.05) is 36.8 Å². The van der Waals surface area contributed by atoms with E-state index in [0.29, 0.717) is 0 Å². The van der Waals surface area contributed by atoms with Crippen LogP contribution in [-0.2, 0) is 12.8 Å². The number of hydrogen-bond donors (Lipinski definition) is 0. The lowest BCUT2D eigenvalue weighted by Crippen LogP contribution is -2.30. The van der Waals surface area contributed by atoms with Crippen molar-refractivity contribution in [2.45, 2.75) is 38.5 Å². The molecular weight excluding hydrogens is 420 g/mol. The van der Waals surface area contributed by atoms with Crippen molar-refractivity contribution in [1.82, 2.24) is 19.5 Å². The molecular formula is C29H30N4O. The van der Waals surface area contributed by atoms with Crippen LogP contribution in [0.4, 0.5) is 0 Å². The van der Waals surface area contributed by atoms with E-state index in [1.807, 2.05) is 28.8 Å². The monoisotopic (exact) mass is 450 g/mol. The molecule has 0 N–H and O–H groups in total. The maximum absolute atomic E-state index is 5.49. The summed E-state index contributed by atoms with van der Waals surface area (Å²) in [6.45, 7) is 3.79. The van der Waals surface area contributed by atoms with Gasteiger partial charge < -0.3 is 9.32 Å². The van der Waals surface area contributed by atoms with Crippen molar-refractivity contribution in [2.24, 2.45) is 0 Å². The van der Waals surface area contributed by atoms with Crippen molar-refractivity contribution >= 4 is 16.6 Å². The molecule has 0 atom stereocenters. The molecule has 172 valence electrons. The fourth-order valence-electron chi connectivity index (χ4n) is 5.07. The molecule has 0 radical (unpaired) electrons. The first kappa shape index (κ1) is 21.1.